The number of hydrogen-bond donors (Lipinski definition) is 2. The van der Waals surface area contributed by atoms with Crippen LogP contribution in [0.2, 0.25) is 0 Å². The number of ether oxygens (including phenoxy) is 1. The third-order valence-corrected chi connectivity index (χ3v) is 5.32. The molecule has 2 heterocycles. The molecule has 150 valence electrons. The molecule has 3 N–H and O–H groups in total. The Bertz CT molecular complexity index is 463. The van der Waals surface area contributed by atoms with E-state index in [1.807, 2.05) is 7.05 Å². The van der Waals surface area contributed by atoms with Crippen molar-refractivity contribution in [3.05, 3.63) is 0 Å². The van der Waals surface area contributed by atoms with Crippen LogP contribution in [0.5, 0.6) is 0 Å². The third kappa shape index (κ3) is 6.76. The van der Waals surface area contributed by atoms with Crippen molar-refractivity contribution in [2.45, 2.75) is 45.6 Å². The smallest absolute Gasteiger partial charge is 0.217 e. The molecule has 0 saturated carbocycles. The number of rotatable bonds is 7. The fourth-order valence-corrected chi connectivity index (χ4v) is 4.10. The van der Waals surface area contributed by atoms with Crippen LogP contribution >= 0.6 is 0 Å². The molecule has 7 heteroatoms. The van der Waals surface area contributed by atoms with Gasteiger partial charge in [-0.2, -0.15) is 0 Å². The number of nitrogens with two attached hydrogens (primary N) is 1. The lowest BCUT2D eigenvalue weighted by molar-refractivity contribution is -0.119. The number of guanidine groups is 1. The maximum atomic E-state index is 11.2. The van der Waals surface area contributed by atoms with Gasteiger partial charge >= 0.3 is 0 Å². The van der Waals surface area contributed by atoms with Crippen LogP contribution in [0.1, 0.15) is 39.5 Å². The largest absolute Gasteiger partial charge is 0.379 e. The monoisotopic (exact) mass is 367 g/mol. The Labute approximate surface area is 158 Å². The number of nitrogens with zero attached hydrogens (tertiary/aromatic N) is 3. The van der Waals surface area contributed by atoms with E-state index in [2.05, 4.69) is 34.0 Å². The van der Waals surface area contributed by atoms with Crippen molar-refractivity contribution < 1.29 is 9.53 Å². The average Bonchev–Trinajstić information content (AvgIpc) is 2.61. The van der Waals surface area contributed by atoms with Crippen LogP contribution < -0.4 is 11.1 Å². The Morgan fingerprint density at radius 2 is 2.04 bits per heavy atom. The van der Waals surface area contributed by atoms with Gasteiger partial charge in [0.1, 0.15) is 0 Å². The predicted octanol–water partition coefficient (Wildman–Crippen LogP) is 0.896. The Balaban J connectivity index is 1.91. The molecule has 0 aliphatic carbocycles. The number of piperidine rings is 1. The molecule has 26 heavy (non-hydrogen) atoms. The molecule has 7 nitrogen and oxygen atoms in total. The van der Waals surface area contributed by atoms with Gasteiger partial charge in [0.15, 0.2) is 5.96 Å². The number of nitrogens with one attached hydrogen (secondary N) is 1. The molecule has 0 aromatic carbocycles. The highest BCUT2D eigenvalue weighted by Gasteiger charge is 2.26. The summed E-state index contributed by atoms with van der Waals surface area (Å²) in [5, 5.41) is 3.59. The molecule has 0 bridgehead atoms. The highest BCUT2D eigenvalue weighted by Crippen LogP contribution is 2.19. The van der Waals surface area contributed by atoms with E-state index >= 15 is 0 Å². The molecule has 0 aromatic heterocycles. The van der Waals surface area contributed by atoms with Gasteiger partial charge in [-0.15, -0.1) is 0 Å². The van der Waals surface area contributed by atoms with E-state index in [1.54, 1.807) is 0 Å². The van der Waals surface area contributed by atoms with Gasteiger partial charge in [-0.1, -0.05) is 13.8 Å². The Kier molecular flexibility index (Phi) is 8.65. The summed E-state index contributed by atoms with van der Waals surface area (Å²) in [7, 11) is 1.84. The number of primary amides is 1. The molecule has 2 aliphatic heterocycles. The molecule has 2 fully saturated rings. The first-order chi connectivity index (χ1) is 12.5. The summed E-state index contributed by atoms with van der Waals surface area (Å²) in [6, 6.07) is 0.488. The normalized spacial score (nSPS) is 23.9. The summed E-state index contributed by atoms with van der Waals surface area (Å²) in [6.07, 6.45) is 3.78. The second-order valence-electron chi connectivity index (χ2n) is 7.98. The summed E-state index contributed by atoms with van der Waals surface area (Å²) in [5.74, 6) is 1.73. The number of amides is 1. The van der Waals surface area contributed by atoms with Gasteiger partial charge in [0.2, 0.25) is 5.91 Å². The predicted molar refractivity (Wildman–Crippen MR) is 105 cm³/mol. The second-order valence-corrected chi connectivity index (χ2v) is 7.98. The first-order valence-corrected chi connectivity index (χ1v) is 10.0. The minimum absolute atomic E-state index is 0.205. The molecule has 1 amide bonds. The number of likely N-dealkylation sites (tertiary alicyclic amines) is 1. The number of carbonyl (C=O) groups is 1. The number of carbonyl (C=O) groups excluding carboxylic acids is 1. The van der Waals surface area contributed by atoms with Gasteiger partial charge in [-0.3, -0.25) is 14.7 Å². The summed E-state index contributed by atoms with van der Waals surface area (Å²) < 4.78 is 5.51. The summed E-state index contributed by atoms with van der Waals surface area (Å²) >= 11 is 0. The molecule has 0 radical (unpaired) electrons. The summed E-state index contributed by atoms with van der Waals surface area (Å²) in [6.45, 7) is 10.9. The van der Waals surface area contributed by atoms with Crippen LogP contribution in [-0.4, -0.2) is 80.7 Å². The topological polar surface area (TPSA) is 83.2 Å². The zero-order chi connectivity index (χ0) is 18.9. The van der Waals surface area contributed by atoms with Crippen LogP contribution in [0.25, 0.3) is 0 Å². The number of hydrogen-bond acceptors (Lipinski definition) is 4. The molecule has 2 aliphatic rings. The second kappa shape index (κ2) is 10.7. The van der Waals surface area contributed by atoms with Crippen LogP contribution in [0.15, 0.2) is 4.99 Å². The number of aliphatic imine (C=N–C) groups is 1. The van der Waals surface area contributed by atoms with E-state index in [-0.39, 0.29) is 5.91 Å². The molecule has 2 unspecified atom stereocenters. The molecule has 0 spiro atoms. The summed E-state index contributed by atoms with van der Waals surface area (Å²) in [5.41, 5.74) is 5.39. The van der Waals surface area contributed by atoms with Crippen molar-refractivity contribution in [1.29, 1.82) is 0 Å². The maximum absolute atomic E-state index is 11.2. The molecule has 0 aromatic rings. The van der Waals surface area contributed by atoms with Crippen molar-refractivity contribution in [2.75, 3.05) is 53.0 Å². The van der Waals surface area contributed by atoms with E-state index in [0.29, 0.717) is 24.3 Å². The van der Waals surface area contributed by atoms with Gasteiger partial charge < -0.3 is 20.7 Å². The lowest BCUT2D eigenvalue weighted by Crippen LogP contribution is -2.53. The fourth-order valence-electron chi connectivity index (χ4n) is 4.10. The SMILES string of the molecule is CN=C(NCC(CC(C)C)N1CCOCC1)N1CCCC(CC(N)=O)C1. The van der Waals surface area contributed by atoms with Crippen LogP contribution in [0, 0.1) is 11.8 Å². The van der Waals surface area contributed by atoms with Gasteiger partial charge in [-0.05, 0) is 31.1 Å². The van der Waals surface area contributed by atoms with Gasteiger partial charge in [0.25, 0.3) is 0 Å². The van der Waals surface area contributed by atoms with Crippen molar-refractivity contribution in [2.24, 2.45) is 22.6 Å². The van der Waals surface area contributed by atoms with Crippen LogP contribution in [0.3, 0.4) is 0 Å². The average molecular weight is 368 g/mol. The highest BCUT2D eigenvalue weighted by molar-refractivity contribution is 5.80. The van der Waals surface area contributed by atoms with Crippen molar-refractivity contribution in [3.8, 4) is 0 Å². The molecular formula is C19H37N5O2. The first-order valence-electron chi connectivity index (χ1n) is 10.0. The van der Waals surface area contributed by atoms with E-state index in [9.17, 15) is 4.79 Å². The highest BCUT2D eigenvalue weighted by atomic mass is 16.5. The Hall–Kier alpha value is -1.34. The standard InChI is InChI=1S/C19H37N5O2/c1-15(2)11-17(23-7-9-26-10-8-23)13-22-19(21-3)24-6-4-5-16(14-24)12-18(20)25/h15-17H,4-14H2,1-3H3,(H2,20,25)(H,21,22). The van der Waals surface area contributed by atoms with E-state index in [0.717, 1.165) is 71.2 Å². The maximum Gasteiger partial charge on any atom is 0.217 e. The quantitative estimate of drug-likeness (QED) is 0.516. The van der Waals surface area contributed by atoms with E-state index < -0.39 is 0 Å². The minimum Gasteiger partial charge on any atom is -0.379 e. The molecule has 2 rings (SSSR count). The third-order valence-electron chi connectivity index (χ3n) is 5.32. The van der Waals surface area contributed by atoms with Crippen molar-refractivity contribution in [1.82, 2.24) is 15.1 Å². The van der Waals surface area contributed by atoms with Crippen molar-refractivity contribution in [3.63, 3.8) is 0 Å². The Morgan fingerprint density at radius 1 is 1.31 bits per heavy atom. The van der Waals surface area contributed by atoms with Crippen LogP contribution in [0.4, 0.5) is 0 Å². The molecule has 2 saturated heterocycles. The van der Waals surface area contributed by atoms with Crippen molar-refractivity contribution >= 4 is 11.9 Å². The van der Waals surface area contributed by atoms with Gasteiger partial charge in [-0.25, -0.2) is 0 Å². The van der Waals surface area contributed by atoms with Gasteiger partial charge in [0, 0.05) is 52.2 Å². The Morgan fingerprint density at radius 3 is 2.65 bits per heavy atom. The molecule has 2 atom stereocenters. The lowest BCUT2D eigenvalue weighted by Gasteiger charge is -2.38. The fraction of sp³-hybridized carbons (Fsp3) is 0.895. The molecular weight excluding hydrogens is 330 g/mol. The zero-order valence-corrected chi connectivity index (χ0v) is 16.7. The zero-order valence-electron chi connectivity index (χ0n) is 16.7. The van der Waals surface area contributed by atoms with E-state index in [4.69, 9.17) is 10.5 Å². The first kappa shape index (κ1) is 21.0. The van der Waals surface area contributed by atoms with Crippen LogP contribution in [-0.2, 0) is 9.53 Å². The lowest BCUT2D eigenvalue weighted by atomic mass is 9.95. The summed E-state index contributed by atoms with van der Waals surface area (Å²) in [4.78, 5) is 20.6. The minimum atomic E-state index is -0.205. The number of morpholine rings is 1. The van der Waals surface area contributed by atoms with E-state index in [1.165, 1.54) is 0 Å². The van der Waals surface area contributed by atoms with Gasteiger partial charge in [0.05, 0.1) is 13.2 Å².